The van der Waals surface area contributed by atoms with Crippen LogP contribution < -0.4 is 10.1 Å². The molecule has 1 aliphatic carbocycles. The number of hydrogen-bond donors (Lipinski definition) is 1. The number of carbonyl (C=O) groups is 1. The van der Waals surface area contributed by atoms with Crippen molar-refractivity contribution in [3.8, 4) is 5.75 Å². The monoisotopic (exact) mass is 337 g/mol. The van der Waals surface area contributed by atoms with Gasteiger partial charge in [0, 0.05) is 6.54 Å². The zero-order chi connectivity index (χ0) is 17.6. The van der Waals surface area contributed by atoms with Crippen molar-refractivity contribution in [1.82, 2.24) is 5.32 Å². The lowest BCUT2D eigenvalue weighted by molar-refractivity contribution is -0.127. The van der Waals surface area contributed by atoms with Crippen LogP contribution in [0.2, 0.25) is 0 Å². The van der Waals surface area contributed by atoms with Crippen molar-refractivity contribution in [1.29, 1.82) is 0 Å². The molecule has 25 heavy (non-hydrogen) atoms. The first-order chi connectivity index (χ1) is 12.1. The normalized spacial score (nSPS) is 15.8. The molecule has 1 aliphatic rings. The van der Waals surface area contributed by atoms with Crippen LogP contribution in [0.5, 0.6) is 5.75 Å². The highest BCUT2D eigenvalue weighted by atomic mass is 16.5. The Morgan fingerprint density at radius 2 is 1.76 bits per heavy atom. The Morgan fingerprint density at radius 3 is 2.52 bits per heavy atom. The van der Waals surface area contributed by atoms with Crippen LogP contribution in [-0.4, -0.2) is 18.6 Å². The number of hydrogen-bond acceptors (Lipinski definition) is 2. The van der Waals surface area contributed by atoms with Gasteiger partial charge in [0.15, 0.2) is 6.10 Å². The quantitative estimate of drug-likeness (QED) is 0.855. The first kappa shape index (κ1) is 17.5. The molecule has 3 nitrogen and oxygen atoms in total. The van der Waals surface area contributed by atoms with E-state index in [2.05, 4.69) is 36.5 Å². The van der Waals surface area contributed by atoms with Gasteiger partial charge in [0.05, 0.1) is 0 Å². The molecular formula is C22H27NO2. The van der Waals surface area contributed by atoms with Gasteiger partial charge in [-0.1, -0.05) is 43.3 Å². The number of nitrogens with one attached hydrogen (secondary N) is 1. The molecule has 0 heterocycles. The Bertz CT molecular complexity index is 711. The summed E-state index contributed by atoms with van der Waals surface area (Å²) < 4.78 is 5.87. The second-order valence-electron chi connectivity index (χ2n) is 6.95. The summed E-state index contributed by atoms with van der Waals surface area (Å²) in [6, 6.07) is 16.5. The van der Waals surface area contributed by atoms with Gasteiger partial charge in [-0.15, -0.1) is 0 Å². The number of aryl methyl sites for hydroxylation is 2. The molecule has 0 saturated carbocycles. The van der Waals surface area contributed by atoms with Gasteiger partial charge in [-0.3, -0.25) is 4.79 Å². The summed E-state index contributed by atoms with van der Waals surface area (Å²) >= 11 is 0. The Morgan fingerprint density at radius 1 is 1.04 bits per heavy atom. The molecule has 0 fully saturated rings. The molecule has 0 spiro atoms. The van der Waals surface area contributed by atoms with E-state index in [0.717, 1.165) is 18.6 Å². The van der Waals surface area contributed by atoms with Crippen LogP contribution >= 0.6 is 0 Å². The molecule has 2 aromatic carbocycles. The van der Waals surface area contributed by atoms with Gasteiger partial charge in [0.1, 0.15) is 5.75 Å². The molecule has 3 heteroatoms. The number of carbonyl (C=O) groups excluding carboxylic acids is 1. The third-order valence-electron chi connectivity index (χ3n) is 4.95. The molecule has 1 amide bonds. The molecule has 0 bridgehead atoms. The highest BCUT2D eigenvalue weighted by Gasteiger charge is 2.17. The molecule has 0 unspecified atom stereocenters. The number of benzene rings is 2. The Labute approximate surface area is 150 Å². The molecule has 0 aromatic heterocycles. The predicted molar refractivity (Wildman–Crippen MR) is 101 cm³/mol. The van der Waals surface area contributed by atoms with E-state index in [0.29, 0.717) is 6.54 Å². The molecule has 0 saturated heterocycles. The van der Waals surface area contributed by atoms with Gasteiger partial charge in [-0.25, -0.2) is 0 Å². The largest absolute Gasteiger partial charge is 0.481 e. The van der Waals surface area contributed by atoms with Gasteiger partial charge < -0.3 is 10.1 Å². The van der Waals surface area contributed by atoms with Gasteiger partial charge in [-0.2, -0.15) is 0 Å². The van der Waals surface area contributed by atoms with Crippen molar-refractivity contribution in [2.24, 2.45) is 0 Å². The van der Waals surface area contributed by atoms with Gasteiger partial charge in [0.25, 0.3) is 5.91 Å². The average Bonchev–Trinajstić information content (AvgIpc) is 2.66. The van der Waals surface area contributed by atoms with Gasteiger partial charge >= 0.3 is 0 Å². The van der Waals surface area contributed by atoms with Crippen LogP contribution in [-0.2, 0) is 17.6 Å². The minimum absolute atomic E-state index is 0.0690. The van der Waals surface area contributed by atoms with Crippen LogP contribution in [0.15, 0.2) is 48.5 Å². The molecule has 2 atom stereocenters. The summed E-state index contributed by atoms with van der Waals surface area (Å²) in [4.78, 5) is 12.3. The number of ether oxygens (including phenoxy) is 1. The maximum Gasteiger partial charge on any atom is 0.260 e. The molecular weight excluding hydrogens is 310 g/mol. The fourth-order valence-electron chi connectivity index (χ4n) is 3.34. The summed E-state index contributed by atoms with van der Waals surface area (Å²) in [5.41, 5.74) is 4.02. The molecule has 0 radical (unpaired) electrons. The van der Waals surface area contributed by atoms with Crippen molar-refractivity contribution in [3.63, 3.8) is 0 Å². The standard InChI is InChI=1S/C22H27NO2/c1-16(18-8-4-3-5-9-18)15-23-22(24)17(2)25-21-13-12-19-10-6-7-11-20(19)14-21/h3-5,8-9,12-14,16-17H,6-7,10-11,15H2,1-2H3,(H,23,24)/t16-,17+/m1/s1. The number of amides is 1. The van der Waals surface area contributed by atoms with Crippen molar-refractivity contribution in [2.75, 3.05) is 6.54 Å². The molecule has 2 aromatic rings. The van der Waals surface area contributed by atoms with Crippen LogP contribution in [0.3, 0.4) is 0 Å². The van der Waals surface area contributed by atoms with Crippen molar-refractivity contribution < 1.29 is 9.53 Å². The molecule has 0 aliphatic heterocycles. The smallest absolute Gasteiger partial charge is 0.260 e. The lowest BCUT2D eigenvalue weighted by atomic mass is 9.92. The lowest BCUT2D eigenvalue weighted by Crippen LogP contribution is -2.38. The highest BCUT2D eigenvalue weighted by Crippen LogP contribution is 2.25. The first-order valence-corrected chi connectivity index (χ1v) is 9.24. The number of rotatable bonds is 6. The average molecular weight is 337 g/mol. The number of fused-ring (bicyclic) bond motifs is 1. The zero-order valence-electron chi connectivity index (χ0n) is 15.1. The first-order valence-electron chi connectivity index (χ1n) is 9.24. The van der Waals surface area contributed by atoms with Crippen LogP contribution in [0.25, 0.3) is 0 Å². The Balaban J connectivity index is 1.52. The topological polar surface area (TPSA) is 38.3 Å². The molecule has 3 rings (SSSR count). The van der Waals surface area contributed by atoms with Crippen LogP contribution in [0.1, 0.15) is 49.3 Å². The van der Waals surface area contributed by atoms with E-state index in [1.807, 2.05) is 31.2 Å². The maximum absolute atomic E-state index is 12.3. The third-order valence-corrected chi connectivity index (χ3v) is 4.95. The van der Waals surface area contributed by atoms with Gasteiger partial charge in [0.2, 0.25) is 0 Å². The van der Waals surface area contributed by atoms with E-state index in [1.54, 1.807) is 0 Å². The maximum atomic E-state index is 12.3. The fraction of sp³-hybridized carbons (Fsp3) is 0.409. The summed E-state index contributed by atoms with van der Waals surface area (Å²) in [5.74, 6) is 1.00. The van der Waals surface area contributed by atoms with Gasteiger partial charge in [-0.05, 0) is 67.3 Å². The van der Waals surface area contributed by atoms with Crippen molar-refractivity contribution in [3.05, 3.63) is 65.2 Å². The minimum Gasteiger partial charge on any atom is -0.481 e. The summed E-state index contributed by atoms with van der Waals surface area (Å²) in [6.07, 6.45) is 4.28. The summed E-state index contributed by atoms with van der Waals surface area (Å²) in [7, 11) is 0. The van der Waals surface area contributed by atoms with E-state index in [4.69, 9.17) is 4.74 Å². The molecule has 132 valence electrons. The van der Waals surface area contributed by atoms with Crippen LogP contribution in [0.4, 0.5) is 0 Å². The van der Waals surface area contributed by atoms with E-state index < -0.39 is 6.10 Å². The van der Waals surface area contributed by atoms with Crippen LogP contribution in [0, 0.1) is 0 Å². The SMILES string of the molecule is C[C@H](Oc1ccc2c(c1)CCCC2)C(=O)NC[C@@H](C)c1ccccc1. The Hall–Kier alpha value is -2.29. The van der Waals surface area contributed by atoms with E-state index in [1.165, 1.54) is 29.5 Å². The zero-order valence-corrected chi connectivity index (χ0v) is 15.1. The van der Waals surface area contributed by atoms with E-state index >= 15 is 0 Å². The second-order valence-corrected chi connectivity index (χ2v) is 6.95. The van der Waals surface area contributed by atoms with Crippen molar-refractivity contribution in [2.45, 2.75) is 51.6 Å². The lowest BCUT2D eigenvalue weighted by Gasteiger charge is -2.20. The van der Waals surface area contributed by atoms with Crippen molar-refractivity contribution >= 4 is 5.91 Å². The summed E-state index contributed by atoms with van der Waals surface area (Å²) in [5, 5.41) is 3.00. The summed E-state index contributed by atoms with van der Waals surface area (Å²) in [6.45, 7) is 4.54. The third kappa shape index (κ3) is 4.62. The Kier molecular flexibility index (Phi) is 5.75. The second kappa shape index (κ2) is 8.19. The van der Waals surface area contributed by atoms with E-state index in [9.17, 15) is 4.79 Å². The molecule has 1 N–H and O–H groups in total. The predicted octanol–water partition coefficient (Wildman–Crippen LogP) is 4.25. The van der Waals surface area contributed by atoms with E-state index in [-0.39, 0.29) is 11.8 Å². The highest BCUT2D eigenvalue weighted by molar-refractivity contribution is 5.80. The fourth-order valence-corrected chi connectivity index (χ4v) is 3.34. The minimum atomic E-state index is -0.496.